The predicted octanol–water partition coefficient (Wildman–Crippen LogP) is 1.61. The van der Waals surface area contributed by atoms with Gasteiger partial charge in [-0.3, -0.25) is 20.9 Å². The summed E-state index contributed by atoms with van der Waals surface area (Å²) < 4.78 is 1.93. The van der Waals surface area contributed by atoms with Crippen LogP contribution in [0.4, 0.5) is 0 Å². The highest BCUT2D eigenvalue weighted by atomic mass is 15.3. The van der Waals surface area contributed by atoms with Gasteiger partial charge in [-0.15, -0.1) is 0 Å². The molecular formula is C15H21N5. The van der Waals surface area contributed by atoms with Crippen LogP contribution in [0.2, 0.25) is 0 Å². The molecule has 2 aromatic heterocycles. The van der Waals surface area contributed by atoms with Crippen molar-refractivity contribution in [2.24, 2.45) is 12.9 Å². The second-order valence-electron chi connectivity index (χ2n) is 5.37. The third-order valence-corrected chi connectivity index (χ3v) is 4.23. The topological polar surface area (TPSA) is 68.8 Å². The van der Waals surface area contributed by atoms with E-state index in [9.17, 15) is 0 Å². The molecule has 3 rings (SSSR count). The fraction of sp³-hybridized carbons (Fsp3) is 0.467. The van der Waals surface area contributed by atoms with Crippen molar-refractivity contribution in [2.45, 2.75) is 38.1 Å². The summed E-state index contributed by atoms with van der Waals surface area (Å²) in [7, 11) is 1.98. The first-order valence-electron chi connectivity index (χ1n) is 7.17. The molecule has 20 heavy (non-hydrogen) atoms. The highest BCUT2D eigenvalue weighted by Gasteiger charge is 2.33. The first-order chi connectivity index (χ1) is 9.74. The Hall–Kier alpha value is -1.72. The normalized spacial score (nSPS) is 19.1. The molecule has 0 bridgehead atoms. The van der Waals surface area contributed by atoms with Crippen molar-refractivity contribution in [1.29, 1.82) is 0 Å². The average Bonchev–Trinajstić information content (AvgIpc) is 3.05. The number of pyridine rings is 1. The zero-order chi connectivity index (χ0) is 14.1. The molecule has 106 valence electrons. The van der Waals surface area contributed by atoms with Crippen molar-refractivity contribution in [3.8, 4) is 0 Å². The number of aromatic nitrogens is 3. The minimum absolute atomic E-state index is 0.0592. The third kappa shape index (κ3) is 2.13. The van der Waals surface area contributed by atoms with Crippen LogP contribution in [0.5, 0.6) is 0 Å². The van der Waals surface area contributed by atoms with Crippen LogP contribution in [-0.2, 0) is 19.9 Å². The van der Waals surface area contributed by atoms with E-state index in [4.69, 9.17) is 5.84 Å². The van der Waals surface area contributed by atoms with E-state index in [0.717, 1.165) is 30.7 Å². The molecule has 0 aromatic carbocycles. The maximum absolute atomic E-state index is 5.84. The van der Waals surface area contributed by atoms with Crippen LogP contribution in [0.25, 0.3) is 0 Å². The molecule has 1 aliphatic carbocycles. The number of aryl methyl sites for hydroxylation is 3. The number of hydrogen-bond acceptors (Lipinski definition) is 4. The van der Waals surface area contributed by atoms with Gasteiger partial charge in [-0.05, 0) is 37.0 Å². The molecule has 0 radical (unpaired) electrons. The highest BCUT2D eigenvalue weighted by Crippen LogP contribution is 2.40. The molecule has 0 saturated carbocycles. The van der Waals surface area contributed by atoms with Crippen LogP contribution in [0.3, 0.4) is 0 Å². The molecule has 1 aliphatic rings. The lowest BCUT2D eigenvalue weighted by Crippen LogP contribution is -2.33. The summed E-state index contributed by atoms with van der Waals surface area (Å²) in [5.74, 6) is 6.16. The summed E-state index contributed by atoms with van der Waals surface area (Å²) in [6.45, 7) is 2.11. The van der Waals surface area contributed by atoms with Gasteiger partial charge in [-0.1, -0.05) is 13.0 Å². The quantitative estimate of drug-likeness (QED) is 0.655. The predicted molar refractivity (Wildman–Crippen MR) is 77.9 cm³/mol. The number of nitrogens with two attached hydrogens (primary N) is 1. The summed E-state index contributed by atoms with van der Waals surface area (Å²) in [6.07, 6.45) is 4.95. The zero-order valence-corrected chi connectivity index (χ0v) is 12.0. The van der Waals surface area contributed by atoms with Gasteiger partial charge >= 0.3 is 0 Å². The fourth-order valence-electron chi connectivity index (χ4n) is 3.18. The van der Waals surface area contributed by atoms with Crippen molar-refractivity contribution in [1.82, 2.24) is 20.2 Å². The Morgan fingerprint density at radius 3 is 3.10 bits per heavy atom. The molecule has 2 heterocycles. The summed E-state index contributed by atoms with van der Waals surface area (Å²) in [5.41, 5.74) is 7.73. The van der Waals surface area contributed by atoms with Crippen LogP contribution >= 0.6 is 0 Å². The summed E-state index contributed by atoms with van der Waals surface area (Å²) >= 11 is 0. The van der Waals surface area contributed by atoms with Gasteiger partial charge in [-0.2, -0.15) is 5.10 Å². The van der Waals surface area contributed by atoms with E-state index in [1.807, 2.05) is 24.0 Å². The zero-order valence-electron chi connectivity index (χ0n) is 12.0. The van der Waals surface area contributed by atoms with Gasteiger partial charge < -0.3 is 0 Å². The lowest BCUT2D eigenvalue weighted by Gasteiger charge is -2.23. The Bertz CT molecular complexity index is 604. The first kappa shape index (κ1) is 13.3. The van der Waals surface area contributed by atoms with Crippen LogP contribution in [0.1, 0.15) is 47.9 Å². The van der Waals surface area contributed by atoms with Crippen LogP contribution in [-0.4, -0.2) is 14.8 Å². The second kappa shape index (κ2) is 5.34. The molecule has 0 amide bonds. The lowest BCUT2D eigenvalue weighted by atomic mass is 9.94. The summed E-state index contributed by atoms with van der Waals surface area (Å²) in [4.78, 5) is 4.57. The Balaban J connectivity index is 1.97. The van der Waals surface area contributed by atoms with Gasteiger partial charge in [0.05, 0.1) is 17.4 Å². The smallest absolute Gasteiger partial charge is 0.0712 e. The van der Waals surface area contributed by atoms with Crippen molar-refractivity contribution in [3.05, 3.63) is 47.0 Å². The van der Waals surface area contributed by atoms with E-state index in [1.165, 1.54) is 11.3 Å². The van der Waals surface area contributed by atoms with Crippen LogP contribution in [0.15, 0.2) is 24.4 Å². The van der Waals surface area contributed by atoms with Crippen molar-refractivity contribution in [3.63, 3.8) is 0 Å². The van der Waals surface area contributed by atoms with Crippen molar-refractivity contribution < 1.29 is 0 Å². The van der Waals surface area contributed by atoms with Gasteiger partial charge in [0, 0.05) is 24.9 Å². The number of hydrogen-bond donors (Lipinski definition) is 2. The first-order valence-corrected chi connectivity index (χ1v) is 7.17. The van der Waals surface area contributed by atoms with E-state index in [2.05, 4.69) is 34.6 Å². The highest BCUT2D eigenvalue weighted by molar-refractivity contribution is 5.32. The van der Waals surface area contributed by atoms with E-state index in [0.29, 0.717) is 5.92 Å². The van der Waals surface area contributed by atoms with Crippen LogP contribution < -0.4 is 11.3 Å². The Morgan fingerprint density at radius 1 is 1.55 bits per heavy atom. The molecule has 0 aliphatic heterocycles. The van der Waals surface area contributed by atoms with E-state index >= 15 is 0 Å². The van der Waals surface area contributed by atoms with Gasteiger partial charge in [0.1, 0.15) is 0 Å². The van der Waals surface area contributed by atoms with Gasteiger partial charge in [-0.25, -0.2) is 0 Å². The number of rotatable bonds is 4. The molecule has 0 spiro atoms. The molecule has 5 heteroatoms. The number of hydrazine groups is 1. The molecule has 0 fully saturated rings. The van der Waals surface area contributed by atoms with Crippen LogP contribution in [0, 0.1) is 0 Å². The van der Waals surface area contributed by atoms with Gasteiger partial charge in [0.25, 0.3) is 0 Å². The summed E-state index contributed by atoms with van der Waals surface area (Å²) in [5, 5.41) is 4.53. The summed E-state index contributed by atoms with van der Waals surface area (Å²) in [6, 6.07) is 6.37. The standard InChI is InChI=1S/C15H21N5/c1-3-11-9-13(20(2)19-11)15(18-16)12-7-6-10-5-4-8-17-14(10)12/h4-5,8-9,12,15,18H,3,6-7,16H2,1-2H3. The number of nitrogens with zero attached hydrogens (tertiary/aromatic N) is 3. The SMILES string of the molecule is CCc1cc(C(NN)C2CCc3cccnc32)n(C)n1. The lowest BCUT2D eigenvalue weighted by molar-refractivity contribution is 0.422. The van der Waals surface area contributed by atoms with Crippen molar-refractivity contribution >= 4 is 0 Å². The molecule has 3 N–H and O–H groups in total. The minimum atomic E-state index is 0.0592. The molecule has 2 atom stereocenters. The Labute approximate surface area is 119 Å². The number of fused-ring (bicyclic) bond motifs is 1. The average molecular weight is 271 g/mol. The minimum Gasteiger partial charge on any atom is -0.271 e. The second-order valence-corrected chi connectivity index (χ2v) is 5.37. The Kier molecular flexibility index (Phi) is 3.54. The maximum Gasteiger partial charge on any atom is 0.0712 e. The van der Waals surface area contributed by atoms with E-state index < -0.39 is 0 Å². The monoisotopic (exact) mass is 271 g/mol. The Morgan fingerprint density at radius 2 is 2.40 bits per heavy atom. The molecular weight excluding hydrogens is 250 g/mol. The molecule has 2 aromatic rings. The van der Waals surface area contributed by atoms with Crippen molar-refractivity contribution in [2.75, 3.05) is 0 Å². The maximum atomic E-state index is 5.84. The van der Waals surface area contributed by atoms with E-state index in [1.54, 1.807) is 0 Å². The van der Waals surface area contributed by atoms with Gasteiger partial charge in [0.2, 0.25) is 0 Å². The number of nitrogens with one attached hydrogen (secondary N) is 1. The van der Waals surface area contributed by atoms with Gasteiger partial charge in [0.15, 0.2) is 0 Å². The molecule has 5 nitrogen and oxygen atoms in total. The third-order valence-electron chi connectivity index (χ3n) is 4.23. The molecule has 0 saturated heterocycles. The fourth-order valence-corrected chi connectivity index (χ4v) is 3.18. The molecule has 2 unspecified atom stereocenters. The largest absolute Gasteiger partial charge is 0.271 e. The van der Waals surface area contributed by atoms with E-state index in [-0.39, 0.29) is 6.04 Å².